The number of hydrogen-bond acceptors (Lipinski definition) is 3. The highest BCUT2D eigenvalue weighted by Crippen LogP contribution is 2.20. The summed E-state index contributed by atoms with van der Waals surface area (Å²) >= 11 is 5.83. The first-order valence-corrected chi connectivity index (χ1v) is 7.90. The molecule has 2 rings (SSSR count). The van der Waals surface area contributed by atoms with Crippen molar-refractivity contribution in [1.82, 2.24) is 0 Å². The van der Waals surface area contributed by atoms with Crippen molar-refractivity contribution in [2.75, 3.05) is 5.32 Å². The summed E-state index contributed by atoms with van der Waals surface area (Å²) in [6, 6.07) is 10.7. The van der Waals surface area contributed by atoms with Crippen molar-refractivity contribution in [2.24, 2.45) is 5.14 Å². The predicted octanol–water partition coefficient (Wildman–Crippen LogP) is 2.55. The van der Waals surface area contributed by atoms with Crippen LogP contribution < -0.4 is 10.5 Å². The van der Waals surface area contributed by atoms with E-state index in [-0.39, 0.29) is 10.8 Å². The van der Waals surface area contributed by atoms with E-state index in [1.807, 2.05) is 0 Å². The molecule has 0 saturated carbocycles. The van der Waals surface area contributed by atoms with Gasteiger partial charge in [0.1, 0.15) is 0 Å². The van der Waals surface area contributed by atoms with Crippen LogP contribution in [0.15, 0.2) is 47.4 Å². The number of carbonyl (C=O) groups is 1. The quantitative estimate of drug-likeness (QED) is 0.909. The molecule has 110 valence electrons. The Bertz CT molecular complexity index is 804. The zero-order valence-corrected chi connectivity index (χ0v) is 12.7. The molecule has 21 heavy (non-hydrogen) atoms. The van der Waals surface area contributed by atoms with E-state index in [0.29, 0.717) is 16.3 Å². The van der Waals surface area contributed by atoms with Crippen LogP contribution in [0, 0.1) is 6.92 Å². The zero-order chi connectivity index (χ0) is 15.6. The number of sulfonamides is 1. The molecule has 0 unspecified atom stereocenters. The van der Waals surface area contributed by atoms with Gasteiger partial charge >= 0.3 is 0 Å². The molecule has 5 nitrogen and oxygen atoms in total. The average Bonchev–Trinajstić information content (AvgIpc) is 2.40. The first kappa shape index (κ1) is 15.5. The fourth-order valence-corrected chi connectivity index (χ4v) is 2.47. The molecule has 0 saturated heterocycles. The lowest BCUT2D eigenvalue weighted by atomic mass is 10.1. The average molecular weight is 325 g/mol. The van der Waals surface area contributed by atoms with Gasteiger partial charge in [0.15, 0.2) is 0 Å². The van der Waals surface area contributed by atoms with E-state index in [4.69, 9.17) is 16.7 Å². The minimum atomic E-state index is -3.82. The highest BCUT2D eigenvalue weighted by Gasteiger charge is 2.13. The minimum absolute atomic E-state index is 0.0607. The van der Waals surface area contributed by atoms with Crippen LogP contribution in [-0.4, -0.2) is 14.3 Å². The molecular weight excluding hydrogens is 312 g/mol. The Labute approximate surface area is 127 Å². The van der Waals surface area contributed by atoms with Crippen molar-refractivity contribution in [3.8, 4) is 0 Å². The lowest BCUT2D eigenvalue weighted by Crippen LogP contribution is -2.15. The van der Waals surface area contributed by atoms with Gasteiger partial charge in [0, 0.05) is 16.3 Å². The Kier molecular flexibility index (Phi) is 4.32. The lowest BCUT2D eigenvalue weighted by molar-refractivity contribution is 0.102. The Morgan fingerprint density at radius 2 is 1.90 bits per heavy atom. The molecule has 0 bridgehead atoms. The highest BCUT2D eigenvalue weighted by atomic mass is 35.5. The normalized spacial score (nSPS) is 11.2. The van der Waals surface area contributed by atoms with Crippen LogP contribution in [0.2, 0.25) is 5.02 Å². The number of rotatable bonds is 3. The zero-order valence-electron chi connectivity index (χ0n) is 11.1. The van der Waals surface area contributed by atoms with Gasteiger partial charge in [-0.15, -0.1) is 0 Å². The van der Waals surface area contributed by atoms with Gasteiger partial charge in [-0.05, 0) is 42.8 Å². The molecule has 1 amide bonds. The van der Waals surface area contributed by atoms with Gasteiger partial charge in [0.2, 0.25) is 10.0 Å². The number of amides is 1. The molecule has 2 aromatic rings. The maximum absolute atomic E-state index is 12.1. The molecule has 0 atom stereocenters. The van der Waals surface area contributed by atoms with Gasteiger partial charge < -0.3 is 5.32 Å². The molecule has 0 spiro atoms. The lowest BCUT2D eigenvalue weighted by Gasteiger charge is -2.10. The van der Waals surface area contributed by atoms with Crippen LogP contribution in [0.1, 0.15) is 15.9 Å². The number of anilines is 1. The van der Waals surface area contributed by atoms with Crippen molar-refractivity contribution in [3.05, 3.63) is 58.6 Å². The number of hydrogen-bond donors (Lipinski definition) is 2. The van der Waals surface area contributed by atoms with E-state index in [2.05, 4.69) is 5.32 Å². The van der Waals surface area contributed by atoms with Gasteiger partial charge in [-0.1, -0.05) is 23.7 Å². The van der Waals surface area contributed by atoms with Gasteiger partial charge in [0.25, 0.3) is 5.91 Å². The van der Waals surface area contributed by atoms with Crippen molar-refractivity contribution in [2.45, 2.75) is 11.8 Å². The van der Waals surface area contributed by atoms with E-state index < -0.39 is 10.0 Å². The number of nitrogens with one attached hydrogen (secondary N) is 1. The smallest absolute Gasteiger partial charge is 0.255 e. The fourth-order valence-electron chi connectivity index (χ4n) is 1.74. The maximum Gasteiger partial charge on any atom is 0.255 e. The van der Waals surface area contributed by atoms with Gasteiger partial charge in [-0.2, -0.15) is 0 Å². The summed E-state index contributed by atoms with van der Waals surface area (Å²) in [5.41, 5.74) is 1.48. The van der Waals surface area contributed by atoms with E-state index >= 15 is 0 Å². The third-order valence-corrected chi connectivity index (χ3v) is 4.02. The summed E-state index contributed by atoms with van der Waals surface area (Å²) in [7, 11) is -3.82. The molecule has 0 heterocycles. The van der Waals surface area contributed by atoms with Crippen molar-refractivity contribution >= 4 is 33.2 Å². The standard InChI is InChI=1S/C14H13ClN2O3S/c1-9-5-6-12(21(16,19)20)8-13(9)17-14(18)10-3-2-4-11(15)7-10/h2-8H,1H3,(H,17,18)(H2,16,19,20). The highest BCUT2D eigenvalue weighted by molar-refractivity contribution is 7.89. The van der Waals surface area contributed by atoms with Crippen LogP contribution in [0.25, 0.3) is 0 Å². The minimum Gasteiger partial charge on any atom is -0.322 e. The van der Waals surface area contributed by atoms with Crippen molar-refractivity contribution in [3.63, 3.8) is 0 Å². The van der Waals surface area contributed by atoms with Crippen LogP contribution in [0.5, 0.6) is 0 Å². The summed E-state index contributed by atoms with van der Waals surface area (Å²) < 4.78 is 22.7. The van der Waals surface area contributed by atoms with E-state index in [1.54, 1.807) is 31.2 Å². The summed E-state index contributed by atoms with van der Waals surface area (Å²) in [6.45, 7) is 1.75. The first-order chi connectivity index (χ1) is 9.77. The SMILES string of the molecule is Cc1ccc(S(N)(=O)=O)cc1NC(=O)c1cccc(Cl)c1. The van der Waals surface area contributed by atoms with Crippen molar-refractivity contribution < 1.29 is 13.2 Å². The summed E-state index contributed by atoms with van der Waals surface area (Å²) in [4.78, 5) is 12.1. The van der Waals surface area contributed by atoms with Gasteiger partial charge in [-0.3, -0.25) is 4.79 Å². The number of benzene rings is 2. The maximum atomic E-state index is 12.1. The first-order valence-electron chi connectivity index (χ1n) is 5.98. The summed E-state index contributed by atoms with van der Waals surface area (Å²) in [6.07, 6.45) is 0. The molecular formula is C14H13ClN2O3S. The predicted molar refractivity (Wildman–Crippen MR) is 82.0 cm³/mol. The molecule has 0 aliphatic rings. The summed E-state index contributed by atoms with van der Waals surface area (Å²) in [5, 5.41) is 8.17. The number of carbonyl (C=O) groups excluding carboxylic acids is 1. The molecule has 0 aromatic heterocycles. The molecule has 0 aliphatic carbocycles. The number of halogens is 1. The number of aryl methyl sites for hydroxylation is 1. The third kappa shape index (κ3) is 3.81. The topological polar surface area (TPSA) is 89.3 Å². The third-order valence-electron chi connectivity index (χ3n) is 2.87. The molecule has 0 aliphatic heterocycles. The van der Waals surface area contributed by atoms with Crippen LogP contribution >= 0.6 is 11.6 Å². The van der Waals surface area contributed by atoms with Crippen molar-refractivity contribution in [1.29, 1.82) is 0 Å². The second kappa shape index (κ2) is 5.85. The van der Waals surface area contributed by atoms with E-state index in [0.717, 1.165) is 5.56 Å². The second-order valence-electron chi connectivity index (χ2n) is 4.49. The Morgan fingerprint density at radius 1 is 1.19 bits per heavy atom. The van der Waals surface area contributed by atoms with Crippen LogP contribution in [0.3, 0.4) is 0 Å². The Hall–Kier alpha value is -1.89. The van der Waals surface area contributed by atoms with Crippen LogP contribution in [0.4, 0.5) is 5.69 Å². The number of primary sulfonamides is 1. The monoisotopic (exact) mass is 324 g/mol. The molecule has 2 aromatic carbocycles. The molecule has 3 N–H and O–H groups in total. The van der Waals surface area contributed by atoms with Crippen LogP contribution in [-0.2, 0) is 10.0 Å². The molecule has 0 fully saturated rings. The Morgan fingerprint density at radius 3 is 2.52 bits per heavy atom. The van der Waals surface area contributed by atoms with Gasteiger partial charge in [-0.25, -0.2) is 13.6 Å². The molecule has 0 radical (unpaired) electrons. The fraction of sp³-hybridized carbons (Fsp3) is 0.0714. The number of nitrogens with two attached hydrogens (primary N) is 1. The van der Waals surface area contributed by atoms with Gasteiger partial charge in [0.05, 0.1) is 4.90 Å². The largest absolute Gasteiger partial charge is 0.322 e. The van der Waals surface area contributed by atoms with E-state index in [1.165, 1.54) is 18.2 Å². The summed E-state index contributed by atoms with van der Waals surface area (Å²) in [5.74, 6) is -0.382. The molecule has 7 heteroatoms. The van der Waals surface area contributed by atoms with E-state index in [9.17, 15) is 13.2 Å². The Balaban J connectivity index is 2.33. The second-order valence-corrected chi connectivity index (χ2v) is 6.48.